The first-order valence-electron chi connectivity index (χ1n) is 3.01. The third-order valence-corrected chi connectivity index (χ3v) is 1.48. The van der Waals surface area contributed by atoms with Crippen LogP contribution in [0.5, 0.6) is 0 Å². The first-order chi connectivity index (χ1) is 6.09. The average Bonchev–Trinajstić information content (AvgIpc) is 1.73. The minimum atomic E-state index is -7.75. The second-order valence-electron chi connectivity index (χ2n) is 2.57. The summed E-state index contributed by atoms with van der Waals surface area (Å²) in [6, 6.07) is 0. The van der Waals surface area contributed by atoms with Crippen molar-refractivity contribution in [2.24, 2.45) is 4.76 Å². The van der Waals surface area contributed by atoms with Gasteiger partial charge in [0.25, 0.3) is 0 Å². The summed E-state index contributed by atoms with van der Waals surface area (Å²) in [5.74, 6) is 0. The maximum atomic E-state index is 12.0. The van der Waals surface area contributed by atoms with Gasteiger partial charge in [-0.15, -0.1) is 0 Å². The van der Waals surface area contributed by atoms with Gasteiger partial charge in [-0.25, -0.2) is 0 Å². The van der Waals surface area contributed by atoms with Gasteiger partial charge >= 0.3 is 76.1 Å². The van der Waals surface area contributed by atoms with E-state index < -0.39 is 32.4 Å². The Kier molecular flexibility index (Phi) is 3.11. The summed E-state index contributed by atoms with van der Waals surface area (Å²) in [7, 11) is -7.75. The van der Waals surface area contributed by atoms with Gasteiger partial charge < -0.3 is 0 Å². The molecule has 0 fully saturated rings. The molecule has 0 aromatic rings. The number of rotatable bonds is 1. The monoisotopic (exact) mass is 267 g/mol. The number of halogens is 9. The van der Waals surface area contributed by atoms with E-state index in [4.69, 9.17) is 0 Å². The zero-order valence-electron chi connectivity index (χ0n) is 6.80. The van der Waals surface area contributed by atoms with E-state index >= 15 is 0 Å². The molecule has 0 rings (SSSR count). The van der Waals surface area contributed by atoms with Crippen molar-refractivity contribution >= 4 is 13.4 Å². The number of nitrogens with zero attached hydrogens (tertiary/aromatic N) is 1. The van der Waals surface area contributed by atoms with Crippen LogP contribution in [0.4, 0.5) is 38.9 Å². The quantitative estimate of drug-likeness (QED) is 0.381. The van der Waals surface area contributed by atoms with E-state index in [1.807, 2.05) is 0 Å². The van der Waals surface area contributed by atoms with Crippen molar-refractivity contribution in [3.05, 3.63) is 0 Å². The fourth-order valence-corrected chi connectivity index (χ4v) is 1.14. The molecule has 0 aromatic carbocycles. The molecular weight excluding hydrogens is 264 g/mol. The molecule has 15 heavy (non-hydrogen) atoms. The summed E-state index contributed by atoms with van der Waals surface area (Å²) in [6.07, 6.45) is -12.4. The van der Waals surface area contributed by atoms with E-state index in [1.165, 1.54) is 0 Å². The number of alkyl halides is 6. The fraction of sp³-hybridized carbons (Fsp3) is 0.750. The molecular formula is C4H3F9NP. The fourth-order valence-electron chi connectivity index (χ4n) is 0.487. The summed E-state index contributed by atoms with van der Waals surface area (Å²) in [6.45, 7) is -0.691. The standard InChI is InChI=1S/C4H3F9NP/c1-15(11,12,13)14-2(3(5,6)7)4(8,9)10/h1H3. The van der Waals surface area contributed by atoms with Gasteiger partial charge in [-0.05, 0) is 0 Å². The van der Waals surface area contributed by atoms with Crippen molar-refractivity contribution in [1.82, 2.24) is 0 Å². The zero-order chi connectivity index (χ0) is 12.7. The van der Waals surface area contributed by atoms with Gasteiger partial charge in [0, 0.05) is 0 Å². The van der Waals surface area contributed by atoms with E-state index in [2.05, 4.69) is 0 Å². The van der Waals surface area contributed by atoms with Gasteiger partial charge in [-0.2, -0.15) is 0 Å². The van der Waals surface area contributed by atoms with Crippen molar-refractivity contribution in [1.29, 1.82) is 0 Å². The maximum absolute atomic E-state index is 12.0. The molecule has 0 radical (unpaired) electrons. The van der Waals surface area contributed by atoms with E-state index in [9.17, 15) is 38.9 Å². The van der Waals surface area contributed by atoms with E-state index in [0.29, 0.717) is 0 Å². The number of hydrogen-bond acceptors (Lipinski definition) is 1. The van der Waals surface area contributed by atoms with Crippen LogP contribution in [0.15, 0.2) is 4.76 Å². The minimum absolute atomic E-state index is 0.691. The number of hydrogen-bond donors (Lipinski definition) is 0. The van der Waals surface area contributed by atoms with Crippen LogP contribution in [0.1, 0.15) is 0 Å². The Balaban J connectivity index is 5.56. The van der Waals surface area contributed by atoms with Gasteiger partial charge in [-0.1, -0.05) is 0 Å². The topological polar surface area (TPSA) is 12.4 Å². The van der Waals surface area contributed by atoms with Crippen molar-refractivity contribution in [2.45, 2.75) is 12.4 Å². The molecule has 0 amide bonds. The molecule has 0 aliphatic rings. The molecule has 92 valence electrons. The summed E-state index contributed by atoms with van der Waals surface area (Å²) in [5.41, 5.74) is -3.78. The third-order valence-electron chi connectivity index (χ3n) is 0.850. The van der Waals surface area contributed by atoms with E-state index in [0.717, 1.165) is 4.76 Å². The van der Waals surface area contributed by atoms with Crippen molar-refractivity contribution < 1.29 is 38.9 Å². The molecule has 0 unspecified atom stereocenters. The second kappa shape index (κ2) is 3.23. The molecule has 0 saturated heterocycles. The average molecular weight is 267 g/mol. The Hall–Kier alpha value is -0.530. The molecule has 0 N–H and O–H groups in total. The molecule has 11 heteroatoms. The Morgan fingerprint density at radius 1 is 0.867 bits per heavy atom. The van der Waals surface area contributed by atoms with Crippen molar-refractivity contribution in [2.75, 3.05) is 6.66 Å². The van der Waals surface area contributed by atoms with Gasteiger partial charge in [-0.3, -0.25) is 0 Å². The first kappa shape index (κ1) is 14.5. The van der Waals surface area contributed by atoms with Crippen LogP contribution in [0, 0.1) is 0 Å². The third kappa shape index (κ3) is 5.81. The van der Waals surface area contributed by atoms with Gasteiger partial charge in [0.05, 0.1) is 0 Å². The molecule has 0 bridgehead atoms. The van der Waals surface area contributed by atoms with Crippen molar-refractivity contribution in [3.8, 4) is 0 Å². The SMILES string of the molecule is CP(F)(F)(F)N=C(C(F)(F)F)C(F)(F)F. The summed E-state index contributed by atoms with van der Waals surface area (Å²) < 4.78 is 106. The van der Waals surface area contributed by atoms with Gasteiger partial charge in [0.2, 0.25) is 0 Å². The molecule has 0 heterocycles. The van der Waals surface area contributed by atoms with Crippen LogP contribution in [0.25, 0.3) is 0 Å². The van der Waals surface area contributed by atoms with Crippen LogP contribution in [0.2, 0.25) is 0 Å². The van der Waals surface area contributed by atoms with Crippen LogP contribution < -0.4 is 0 Å². The Bertz CT molecular complexity index is 252. The van der Waals surface area contributed by atoms with E-state index in [-0.39, 0.29) is 0 Å². The molecule has 0 aliphatic carbocycles. The van der Waals surface area contributed by atoms with Crippen molar-refractivity contribution in [3.63, 3.8) is 0 Å². The van der Waals surface area contributed by atoms with Crippen LogP contribution in [-0.4, -0.2) is 24.7 Å². The molecule has 0 aliphatic heterocycles. The summed E-state index contributed by atoms with van der Waals surface area (Å²) in [4.78, 5) is 0. The molecule has 1 nitrogen and oxygen atoms in total. The predicted octanol–water partition coefficient (Wildman–Crippen LogP) is 4.30. The normalized spacial score (nSPS) is 16.8. The van der Waals surface area contributed by atoms with Crippen LogP contribution >= 0.6 is 7.69 Å². The van der Waals surface area contributed by atoms with Gasteiger partial charge in [0.15, 0.2) is 0 Å². The Morgan fingerprint density at radius 2 is 1.13 bits per heavy atom. The van der Waals surface area contributed by atoms with Gasteiger partial charge in [0.1, 0.15) is 0 Å². The van der Waals surface area contributed by atoms with Crippen LogP contribution in [0.3, 0.4) is 0 Å². The molecule has 0 saturated carbocycles. The Labute approximate surface area is 77.3 Å². The predicted molar refractivity (Wildman–Crippen MR) is 35.7 cm³/mol. The Morgan fingerprint density at radius 3 is 1.20 bits per heavy atom. The molecule has 0 atom stereocenters. The molecule has 0 spiro atoms. The zero-order valence-corrected chi connectivity index (χ0v) is 7.69. The summed E-state index contributed by atoms with van der Waals surface area (Å²) in [5, 5.41) is 0. The van der Waals surface area contributed by atoms with Crippen LogP contribution in [-0.2, 0) is 0 Å². The first-order valence-corrected chi connectivity index (χ1v) is 5.32. The second-order valence-corrected chi connectivity index (χ2v) is 5.02. The summed E-state index contributed by atoms with van der Waals surface area (Å²) >= 11 is 0. The van der Waals surface area contributed by atoms with E-state index in [1.54, 1.807) is 0 Å². The molecule has 0 aromatic heterocycles.